The van der Waals surface area contributed by atoms with Crippen molar-refractivity contribution in [2.45, 2.75) is 32.9 Å². The molecule has 1 aliphatic heterocycles. The third kappa shape index (κ3) is 7.46. The Bertz CT molecular complexity index is 1080. The molecule has 188 valence electrons. The van der Waals surface area contributed by atoms with E-state index in [0.717, 1.165) is 11.1 Å². The number of methoxy groups -OCH3 is 2. The summed E-state index contributed by atoms with van der Waals surface area (Å²) in [5.41, 5.74) is 1.72. The van der Waals surface area contributed by atoms with Crippen LogP contribution in [0.15, 0.2) is 48.5 Å². The molecule has 0 saturated carbocycles. The van der Waals surface area contributed by atoms with E-state index in [0.29, 0.717) is 37.4 Å². The molecule has 2 aromatic rings. The maximum Gasteiger partial charge on any atom is 0.384 e. The molecular weight excluding hydrogens is 468 g/mol. The van der Waals surface area contributed by atoms with Crippen LogP contribution in [0.25, 0.3) is 0 Å². The van der Waals surface area contributed by atoms with Gasteiger partial charge in [0.2, 0.25) is 0 Å². The number of carbonyl (C=O) groups excluding carboxylic acids is 1. The van der Waals surface area contributed by atoms with E-state index in [9.17, 15) is 13.2 Å². The normalized spacial score (nSPS) is 14.7. The Labute approximate surface area is 208 Å². The van der Waals surface area contributed by atoms with E-state index in [1.807, 2.05) is 48.5 Å². The molecule has 0 unspecified atom stereocenters. The monoisotopic (exact) mass is 500 g/mol. The smallest absolute Gasteiger partial charge is 0.384 e. The van der Waals surface area contributed by atoms with Crippen LogP contribution in [0.1, 0.15) is 30.9 Å². The Kier molecular flexibility index (Phi) is 9.55. The molecule has 3 rings (SSSR count). The maximum absolute atomic E-state index is 13.7. The van der Waals surface area contributed by atoms with Gasteiger partial charge in [0, 0.05) is 38.0 Å². The van der Waals surface area contributed by atoms with Crippen LogP contribution in [-0.2, 0) is 32.8 Å². The molecule has 0 aromatic heterocycles. The van der Waals surface area contributed by atoms with Crippen molar-refractivity contribution < 1.29 is 27.4 Å². The van der Waals surface area contributed by atoms with E-state index < -0.39 is 16.2 Å². The molecular formula is C26H32N2O6S. The number of nitrogens with zero attached hydrogens (tertiary/aromatic N) is 2. The number of hydrogen-bond donors (Lipinski definition) is 0. The lowest BCUT2D eigenvalue weighted by atomic mass is 9.99. The topological polar surface area (TPSA) is 85.4 Å². The van der Waals surface area contributed by atoms with Crippen molar-refractivity contribution in [1.29, 1.82) is 0 Å². The zero-order valence-corrected chi connectivity index (χ0v) is 21.2. The van der Waals surface area contributed by atoms with E-state index in [4.69, 9.17) is 14.2 Å². The highest BCUT2D eigenvalue weighted by Crippen LogP contribution is 2.25. The first kappa shape index (κ1) is 26.5. The number of carbonyl (C=O) groups is 1. The molecule has 0 atom stereocenters. The van der Waals surface area contributed by atoms with Crippen LogP contribution in [-0.4, -0.2) is 56.9 Å². The summed E-state index contributed by atoms with van der Waals surface area (Å²) in [6.45, 7) is 3.13. The van der Waals surface area contributed by atoms with E-state index in [1.165, 1.54) is 8.61 Å². The quantitative estimate of drug-likeness (QED) is 0.299. The number of rotatable bonds is 9. The molecule has 0 aliphatic carbocycles. The first-order chi connectivity index (χ1) is 16.8. The number of esters is 1. The molecule has 1 saturated heterocycles. The largest absolute Gasteiger partial charge is 0.497 e. The Morgan fingerprint density at radius 2 is 1.43 bits per heavy atom. The van der Waals surface area contributed by atoms with Gasteiger partial charge in [-0.05, 0) is 55.2 Å². The van der Waals surface area contributed by atoms with E-state index in [-0.39, 0.29) is 25.6 Å². The molecule has 0 N–H and O–H groups in total. The highest BCUT2D eigenvalue weighted by atomic mass is 32.2. The van der Waals surface area contributed by atoms with Crippen LogP contribution in [0, 0.1) is 17.8 Å². The molecule has 0 bridgehead atoms. The van der Waals surface area contributed by atoms with Crippen LogP contribution < -0.4 is 9.47 Å². The lowest BCUT2D eigenvalue weighted by Gasteiger charge is -2.34. The SMILES string of the molecule is CCOC(=O)C#CC1CCN(S(=O)(=O)N(Cc2ccc(OC)cc2)Cc2ccc(OC)cc2)CC1. The second-order valence-corrected chi connectivity index (χ2v) is 10.1. The van der Waals surface area contributed by atoms with Gasteiger partial charge in [-0.3, -0.25) is 0 Å². The summed E-state index contributed by atoms with van der Waals surface area (Å²) in [7, 11) is -0.564. The summed E-state index contributed by atoms with van der Waals surface area (Å²) in [6.07, 6.45) is 1.12. The van der Waals surface area contributed by atoms with Crippen molar-refractivity contribution in [1.82, 2.24) is 8.61 Å². The molecule has 2 aromatic carbocycles. The van der Waals surface area contributed by atoms with E-state index in [1.54, 1.807) is 21.1 Å². The summed E-state index contributed by atoms with van der Waals surface area (Å²) in [4.78, 5) is 11.5. The van der Waals surface area contributed by atoms with Crippen molar-refractivity contribution in [3.05, 3.63) is 59.7 Å². The van der Waals surface area contributed by atoms with Gasteiger partial charge in [0.15, 0.2) is 0 Å². The van der Waals surface area contributed by atoms with Gasteiger partial charge in [0.1, 0.15) is 11.5 Å². The standard InChI is InChI=1S/C26H32N2O6S/c1-4-34-26(29)14-9-21-15-17-27(18-16-21)35(30,31)28(19-22-5-10-24(32-2)11-6-22)20-23-7-12-25(33-3)13-8-23/h5-8,10-13,21H,4,15-20H2,1-3H3. The molecule has 0 radical (unpaired) electrons. The molecule has 0 amide bonds. The minimum Gasteiger partial charge on any atom is -0.497 e. The van der Waals surface area contributed by atoms with E-state index in [2.05, 4.69) is 11.8 Å². The summed E-state index contributed by atoms with van der Waals surface area (Å²) < 4.78 is 45.7. The highest BCUT2D eigenvalue weighted by Gasteiger charge is 2.33. The molecule has 1 heterocycles. The summed E-state index contributed by atoms with van der Waals surface area (Å²) in [5.74, 6) is 6.27. The minimum atomic E-state index is -3.75. The fourth-order valence-corrected chi connectivity index (χ4v) is 5.43. The van der Waals surface area contributed by atoms with Crippen LogP contribution in [0.3, 0.4) is 0 Å². The molecule has 0 spiro atoms. The average molecular weight is 501 g/mol. The van der Waals surface area contributed by atoms with Crippen LogP contribution in [0.4, 0.5) is 0 Å². The summed E-state index contributed by atoms with van der Waals surface area (Å²) in [5, 5.41) is 0. The predicted molar refractivity (Wildman–Crippen MR) is 133 cm³/mol. The number of hydrogen-bond acceptors (Lipinski definition) is 6. The predicted octanol–water partition coefficient (Wildman–Crippen LogP) is 3.23. The van der Waals surface area contributed by atoms with Gasteiger partial charge in [-0.2, -0.15) is 17.0 Å². The van der Waals surface area contributed by atoms with E-state index >= 15 is 0 Å². The number of piperidine rings is 1. The van der Waals surface area contributed by atoms with Gasteiger partial charge < -0.3 is 14.2 Å². The summed E-state index contributed by atoms with van der Waals surface area (Å²) in [6, 6.07) is 14.8. The molecule has 9 heteroatoms. The van der Waals surface area contributed by atoms with Crippen molar-refractivity contribution >= 4 is 16.2 Å². The molecule has 1 fully saturated rings. The van der Waals surface area contributed by atoms with Crippen LogP contribution >= 0.6 is 0 Å². The zero-order chi connectivity index (χ0) is 25.3. The molecule has 35 heavy (non-hydrogen) atoms. The Morgan fingerprint density at radius 1 is 0.943 bits per heavy atom. The fourth-order valence-electron chi connectivity index (χ4n) is 3.81. The third-order valence-electron chi connectivity index (χ3n) is 5.80. The number of benzene rings is 2. The lowest BCUT2D eigenvalue weighted by molar-refractivity contribution is -0.136. The van der Waals surface area contributed by atoms with Gasteiger partial charge in [-0.15, -0.1) is 0 Å². The average Bonchev–Trinajstić information content (AvgIpc) is 2.88. The lowest BCUT2D eigenvalue weighted by Crippen LogP contribution is -2.46. The zero-order valence-electron chi connectivity index (χ0n) is 20.4. The maximum atomic E-state index is 13.7. The van der Waals surface area contributed by atoms with Gasteiger partial charge in [0.25, 0.3) is 10.2 Å². The third-order valence-corrected chi connectivity index (χ3v) is 7.72. The van der Waals surface area contributed by atoms with Gasteiger partial charge >= 0.3 is 5.97 Å². The Morgan fingerprint density at radius 3 is 1.86 bits per heavy atom. The van der Waals surface area contributed by atoms with Gasteiger partial charge in [-0.1, -0.05) is 30.2 Å². The second kappa shape index (κ2) is 12.6. The molecule has 1 aliphatic rings. The Balaban J connectivity index is 1.76. The first-order valence-corrected chi connectivity index (χ1v) is 12.9. The van der Waals surface area contributed by atoms with Crippen LogP contribution in [0.2, 0.25) is 0 Å². The first-order valence-electron chi connectivity index (χ1n) is 11.5. The summed E-state index contributed by atoms with van der Waals surface area (Å²) >= 11 is 0. The van der Waals surface area contributed by atoms with Crippen molar-refractivity contribution in [3.8, 4) is 23.3 Å². The van der Waals surface area contributed by atoms with Crippen molar-refractivity contribution in [2.24, 2.45) is 5.92 Å². The van der Waals surface area contributed by atoms with Gasteiger partial charge in [0.05, 0.1) is 20.8 Å². The molecule has 8 nitrogen and oxygen atoms in total. The Hall–Kier alpha value is -3.06. The number of ether oxygens (including phenoxy) is 3. The van der Waals surface area contributed by atoms with Crippen molar-refractivity contribution in [2.75, 3.05) is 33.9 Å². The van der Waals surface area contributed by atoms with Crippen molar-refractivity contribution in [3.63, 3.8) is 0 Å². The fraction of sp³-hybridized carbons (Fsp3) is 0.423. The second-order valence-electron chi connectivity index (χ2n) is 8.14. The van der Waals surface area contributed by atoms with Crippen LogP contribution in [0.5, 0.6) is 11.5 Å². The van der Waals surface area contributed by atoms with Gasteiger partial charge in [-0.25, -0.2) is 4.79 Å². The minimum absolute atomic E-state index is 0.0394. The highest BCUT2D eigenvalue weighted by molar-refractivity contribution is 7.86.